The summed E-state index contributed by atoms with van der Waals surface area (Å²) in [5.74, 6) is -0.105. The lowest BCUT2D eigenvalue weighted by Gasteiger charge is -2.29. The van der Waals surface area contributed by atoms with E-state index in [-0.39, 0.29) is 36.0 Å². The lowest BCUT2D eigenvalue weighted by atomic mass is 9.84. The second-order valence-electron chi connectivity index (χ2n) is 8.67. The molecule has 3 aliphatic rings. The summed E-state index contributed by atoms with van der Waals surface area (Å²) in [6, 6.07) is 9.60. The third-order valence-corrected chi connectivity index (χ3v) is 6.68. The lowest BCUT2D eigenvalue weighted by Crippen LogP contribution is -2.37. The Morgan fingerprint density at radius 3 is 2.77 bits per heavy atom. The van der Waals surface area contributed by atoms with E-state index in [2.05, 4.69) is 10.3 Å². The highest BCUT2D eigenvalue weighted by atomic mass is 16.2. The summed E-state index contributed by atoms with van der Waals surface area (Å²) >= 11 is 0. The normalized spacial score (nSPS) is 20.5. The van der Waals surface area contributed by atoms with E-state index in [4.69, 9.17) is 0 Å². The van der Waals surface area contributed by atoms with Gasteiger partial charge in [-0.3, -0.25) is 19.4 Å². The predicted molar refractivity (Wildman–Crippen MR) is 116 cm³/mol. The molecule has 5 rings (SSSR count). The van der Waals surface area contributed by atoms with E-state index in [1.807, 2.05) is 35.2 Å². The van der Waals surface area contributed by atoms with Crippen LogP contribution in [0.1, 0.15) is 36.8 Å². The van der Waals surface area contributed by atoms with E-state index in [0.29, 0.717) is 19.6 Å². The molecule has 1 atom stereocenters. The number of carbonyl (C=O) groups is 3. The number of nitrogens with zero attached hydrogens (tertiary/aromatic N) is 3. The van der Waals surface area contributed by atoms with Gasteiger partial charge in [0.1, 0.15) is 0 Å². The van der Waals surface area contributed by atoms with E-state index in [1.165, 1.54) is 0 Å². The van der Waals surface area contributed by atoms with Gasteiger partial charge in [0.15, 0.2) is 0 Å². The van der Waals surface area contributed by atoms with Crippen LogP contribution in [0, 0.1) is 11.8 Å². The molecule has 1 aromatic carbocycles. The molecule has 1 saturated heterocycles. The number of rotatable bonds is 5. The van der Waals surface area contributed by atoms with Gasteiger partial charge in [0.25, 0.3) is 0 Å². The molecule has 160 valence electrons. The number of anilines is 2. The van der Waals surface area contributed by atoms with Crippen molar-refractivity contribution in [3.63, 3.8) is 0 Å². The highest BCUT2D eigenvalue weighted by Crippen LogP contribution is 2.37. The van der Waals surface area contributed by atoms with Gasteiger partial charge in [0, 0.05) is 55.7 Å². The summed E-state index contributed by atoms with van der Waals surface area (Å²) < 4.78 is 0. The first-order chi connectivity index (χ1) is 15.1. The molecule has 2 fully saturated rings. The number of benzene rings is 1. The third-order valence-electron chi connectivity index (χ3n) is 6.68. The van der Waals surface area contributed by atoms with Crippen molar-refractivity contribution in [3.05, 3.63) is 53.9 Å². The highest BCUT2D eigenvalue weighted by molar-refractivity contribution is 6.01. The van der Waals surface area contributed by atoms with Crippen molar-refractivity contribution in [2.24, 2.45) is 11.8 Å². The fourth-order valence-corrected chi connectivity index (χ4v) is 4.63. The van der Waals surface area contributed by atoms with E-state index in [1.54, 1.807) is 17.3 Å². The van der Waals surface area contributed by atoms with Gasteiger partial charge >= 0.3 is 0 Å². The van der Waals surface area contributed by atoms with Crippen LogP contribution in [0.4, 0.5) is 11.4 Å². The number of hydrogen-bond donors (Lipinski definition) is 1. The second kappa shape index (κ2) is 8.13. The number of carbonyl (C=O) groups excluding carboxylic acids is 3. The Labute approximate surface area is 181 Å². The Hall–Kier alpha value is -3.22. The summed E-state index contributed by atoms with van der Waals surface area (Å²) in [6.07, 6.45) is 7.56. The highest BCUT2D eigenvalue weighted by Gasteiger charge is 2.37. The van der Waals surface area contributed by atoms with Crippen molar-refractivity contribution in [1.29, 1.82) is 0 Å². The van der Waals surface area contributed by atoms with Crippen LogP contribution >= 0.6 is 0 Å². The van der Waals surface area contributed by atoms with Crippen LogP contribution < -0.4 is 15.1 Å². The zero-order chi connectivity index (χ0) is 21.4. The first-order valence-corrected chi connectivity index (χ1v) is 11.0. The predicted octanol–water partition coefficient (Wildman–Crippen LogP) is 2.44. The Kier molecular flexibility index (Phi) is 5.18. The molecule has 2 aliphatic heterocycles. The Morgan fingerprint density at radius 1 is 1.16 bits per heavy atom. The molecule has 1 saturated carbocycles. The summed E-state index contributed by atoms with van der Waals surface area (Å²) in [4.78, 5) is 45.6. The number of hydrogen-bond acceptors (Lipinski definition) is 4. The second-order valence-corrected chi connectivity index (χ2v) is 8.67. The maximum atomic E-state index is 12.7. The summed E-state index contributed by atoms with van der Waals surface area (Å²) in [6.45, 7) is 1.49. The zero-order valence-electron chi connectivity index (χ0n) is 17.4. The first kappa shape index (κ1) is 19.7. The maximum Gasteiger partial charge on any atom is 0.230 e. The quantitative estimate of drug-likeness (QED) is 0.809. The van der Waals surface area contributed by atoms with Gasteiger partial charge in [0.05, 0.1) is 5.92 Å². The minimum Gasteiger partial charge on any atom is -0.352 e. The maximum absolute atomic E-state index is 12.7. The molecule has 7 heteroatoms. The van der Waals surface area contributed by atoms with Crippen molar-refractivity contribution in [2.75, 3.05) is 22.9 Å². The van der Waals surface area contributed by atoms with Crippen molar-refractivity contribution in [1.82, 2.24) is 10.3 Å². The molecule has 0 bridgehead atoms. The van der Waals surface area contributed by atoms with Gasteiger partial charge in [0.2, 0.25) is 17.7 Å². The summed E-state index contributed by atoms with van der Waals surface area (Å²) in [7, 11) is 0. The van der Waals surface area contributed by atoms with Crippen LogP contribution in [0.3, 0.4) is 0 Å². The van der Waals surface area contributed by atoms with E-state index in [9.17, 15) is 14.4 Å². The summed E-state index contributed by atoms with van der Waals surface area (Å²) in [5.41, 5.74) is 3.81. The first-order valence-electron chi connectivity index (χ1n) is 11.0. The molecule has 3 amide bonds. The molecule has 1 N–H and O–H groups in total. The number of aromatic nitrogens is 1. The summed E-state index contributed by atoms with van der Waals surface area (Å²) in [5, 5.41) is 2.91. The molecule has 2 aromatic rings. The lowest BCUT2D eigenvalue weighted by molar-refractivity contribution is -0.126. The van der Waals surface area contributed by atoms with Crippen molar-refractivity contribution in [3.8, 4) is 0 Å². The molecule has 0 unspecified atom stereocenters. The molecule has 0 radical (unpaired) electrons. The van der Waals surface area contributed by atoms with Gasteiger partial charge in [-0.05, 0) is 54.7 Å². The van der Waals surface area contributed by atoms with Crippen LogP contribution in [-0.2, 0) is 27.3 Å². The molecule has 3 heterocycles. The Balaban J connectivity index is 1.24. The molecule has 1 aliphatic carbocycles. The van der Waals surface area contributed by atoms with Crippen LogP contribution in [0.25, 0.3) is 0 Å². The van der Waals surface area contributed by atoms with Gasteiger partial charge in [-0.15, -0.1) is 0 Å². The minimum absolute atomic E-state index is 0.0399. The Bertz CT molecular complexity index is 1020. The topological polar surface area (TPSA) is 82.6 Å². The smallest absolute Gasteiger partial charge is 0.230 e. The number of nitrogens with one attached hydrogen (secondary N) is 1. The van der Waals surface area contributed by atoms with E-state index >= 15 is 0 Å². The van der Waals surface area contributed by atoms with Crippen LogP contribution in [0.15, 0.2) is 42.7 Å². The number of fused-ring (bicyclic) bond motifs is 1. The fraction of sp³-hybridized carbons (Fsp3) is 0.417. The molecule has 7 nitrogen and oxygen atoms in total. The molecule has 31 heavy (non-hydrogen) atoms. The van der Waals surface area contributed by atoms with Gasteiger partial charge in [-0.2, -0.15) is 0 Å². The molecule has 1 aromatic heterocycles. The van der Waals surface area contributed by atoms with Crippen molar-refractivity contribution >= 4 is 29.1 Å². The monoisotopic (exact) mass is 418 g/mol. The molecular formula is C24H26N4O3. The standard InChI is InChI=1S/C24H26N4O3/c29-22-12-19(23(30)26-14-16-3-2-9-25-13-16)15-28(22)20-6-7-21-18(11-20)8-10-27(21)24(31)17-4-1-5-17/h2-3,6-7,9,11,13,17,19H,1,4-5,8,10,12,14-15H2,(H,26,30)/t19-/m1/s1. The van der Waals surface area contributed by atoms with Crippen LogP contribution in [-0.4, -0.2) is 35.8 Å². The van der Waals surface area contributed by atoms with Gasteiger partial charge in [-0.1, -0.05) is 12.5 Å². The van der Waals surface area contributed by atoms with E-state index < -0.39 is 0 Å². The SMILES string of the molecule is O=C(NCc1cccnc1)[C@@H]1CC(=O)N(c2ccc3c(c2)CCN3C(=O)C2CCC2)C1. The van der Waals surface area contributed by atoms with Crippen LogP contribution in [0.5, 0.6) is 0 Å². The van der Waals surface area contributed by atoms with Crippen molar-refractivity contribution < 1.29 is 14.4 Å². The third kappa shape index (κ3) is 3.80. The largest absolute Gasteiger partial charge is 0.352 e. The number of pyridine rings is 1. The van der Waals surface area contributed by atoms with Crippen molar-refractivity contribution in [2.45, 2.75) is 38.6 Å². The molecular weight excluding hydrogens is 392 g/mol. The van der Waals surface area contributed by atoms with E-state index in [0.717, 1.165) is 48.2 Å². The van der Waals surface area contributed by atoms with Crippen LogP contribution in [0.2, 0.25) is 0 Å². The van der Waals surface area contributed by atoms with Gasteiger partial charge in [-0.25, -0.2) is 0 Å². The molecule has 0 spiro atoms. The zero-order valence-corrected chi connectivity index (χ0v) is 17.4. The van der Waals surface area contributed by atoms with Gasteiger partial charge < -0.3 is 15.1 Å². The fourth-order valence-electron chi connectivity index (χ4n) is 4.63. The number of amides is 3. The Morgan fingerprint density at radius 2 is 2.03 bits per heavy atom. The average molecular weight is 418 g/mol. The average Bonchev–Trinajstić information content (AvgIpc) is 3.34. The minimum atomic E-state index is -0.367.